The maximum Gasteiger partial charge on any atom is 0.413 e. The fourth-order valence-corrected chi connectivity index (χ4v) is 3.60. The first kappa shape index (κ1) is 39.8. The van der Waals surface area contributed by atoms with E-state index in [0.29, 0.717) is 31.3 Å². The van der Waals surface area contributed by atoms with Crippen LogP contribution in [0.4, 0.5) is 9.59 Å². The van der Waals surface area contributed by atoms with Gasteiger partial charge in [-0.2, -0.15) is 0 Å². The Hall–Kier alpha value is -3.21. The molecule has 11 nitrogen and oxygen atoms in total. The number of ether oxygens (including phenoxy) is 6. The largest absolute Gasteiger partial charge is 0.490 e. The molecule has 2 rings (SSSR count). The Balaban J connectivity index is 0.00000422. The Kier molecular flexibility index (Phi) is 19.1. The van der Waals surface area contributed by atoms with Gasteiger partial charge >= 0.3 is 18.2 Å². The van der Waals surface area contributed by atoms with Crippen molar-refractivity contribution in [3.05, 3.63) is 24.3 Å². The van der Waals surface area contributed by atoms with Gasteiger partial charge in [0.15, 0.2) is 11.5 Å². The first-order valence-electron chi connectivity index (χ1n) is 15.4. The van der Waals surface area contributed by atoms with Crippen molar-refractivity contribution in [3.8, 4) is 11.5 Å². The fraction of sp³-hybridized carbons (Fsp3) is 0.719. The molecule has 0 bridgehead atoms. The normalized spacial score (nSPS) is 16.0. The van der Waals surface area contributed by atoms with Crippen LogP contribution in [0.1, 0.15) is 83.1 Å². The summed E-state index contributed by atoms with van der Waals surface area (Å²) < 4.78 is 33.6. The van der Waals surface area contributed by atoms with E-state index in [4.69, 9.17) is 28.4 Å². The molecule has 1 fully saturated rings. The van der Waals surface area contributed by atoms with E-state index in [1.807, 2.05) is 58.9 Å². The summed E-state index contributed by atoms with van der Waals surface area (Å²) in [5, 5.41) is 2.55. The summed E-state index contributed by atoms with van der Waals surface area (Å²) in [7, 11) is 0. The summed E-state index contributed by atoms with van der Waals surface area (Å²) >= 11 is 0. The standard InChI is InChI=1S/C28H44N2O9.2C2H6/c1-9-34-21-12-10-11-13-22(21)36-17-20-16-30(14-15-35-20)27(33)38-25(19(4)5)37-24(31)23(18(2)3)29-26(32)39-28(6,7)8;2*1-2/h10-13,18-20,23,25H,9,14-17H2,1-8H3,(H,29,32);2*1-2H3/t20?,23-,25?;;/m1../s1. The molecule has 1 aliphatic heterocycles. The zero-order valence-corrected chi connectivity index (χ0v) is 28.4. The molecule has 1 saturated heterocycles. The number of nitrogens with zero attached hydrogens (tertiary/aromatic N) is 1. The number of morpholine rings is 1. The highest BCUT2D eigenvalue weighted by Crippen LogP contribution is 2.27. The molecule has 43 heavy (non-hydrogen) atoms. The van der Waals surface area contributed by atoms with Gasteiger partial charge in [-0.05, 0) is 45.7 Å². The molecule has 0 radical (unpaired) electrons. The van der Waals surface area contributed by atoms with Gasteiger partial charge in [-0.3, -0.25) is 0 Å². The molecule has 0 aliphatic carbocycles. The minimum Gasteiger partial charge on any atom is -0.490 e. The molecule has 1 N–H and O–H groups in total. The van der Waals surface area contributed by atoms with Crippen LogP contribution in [0.5, 0.6) is 11.5 Å². The molecule has 1 heterocycles. The molecular formula is C32H56N2O9. The third-order valence-electron chi connectivity index (χ3n) is 5.56. The highest BCUT2D eigenvalue weighted by atomic mass is 16.7. The maximum atomic E-state index is 13.0. The van der Waals surface area contributed by atoms with Crippen LogP contribution in [0.15, 0.2) is 24.3 Å². The quantitative estimate of drug-likeness (QED) is 0.223. The average Bonchev–Trinajstić information content (AvgIpc) is 2.96. The minimum absolute atomic E-state index is 0.211. The summed E-state index contributed by atoms with van der Waals surface area (Å²) in [4.78, 5) is 39.7. The Morgan fingerprint density at radius 2 is 1.53 bits per heavy atom. The zero-order valence-electron chi connectivity index (χ0n) is 28.4. The third-order valence-corrected chi connectivity index (χ3v) is 5.56. The molecule has 3 atom stereocenters. The van der Waals surface area contributed by atoms with Crippen molar-refractivity contribution in [2.75, 3.05) is 32.9 Å². The highest BCUT2D eigenvalue weighted by molar-refractivity contribution is 5.82. The van der Waals surface area contributed by atoms with Gasteiger partial charge in [-0.1, -0.05) is 67.5 Å². The lowest BCUT2D eigenvalue weighted by Gasteiger charge is -2.34. The van der Waals surface area contributed by atoms with E-state index in [1.54, 1.807) is 48.5 Å². The molecule has 1 aromatic rings. The molecule has 1 aromatic carbocycles. The second-order valence-electron chi connectivity index (χ2n) is 10.9. The van der Waals surface area contributed by atoms with E-state index in [2.05, 4.69) is 5.32 Å². The van der Waals surface area contributed by atoms with E-state index in [0.717, 1.165) is 0 Å². The number of carbonyl (C=O) groups excluding carboxylic acids is 3. The van der Waals surface area contributed by atoms with E-state index >= 15 is 0 Å². The number of alkyl carbamates (subject to hydrolysis) is 1. The number of esters is 1. The van der Waals surface area contributed by atoms with Crippen molar-refractivity contribution in [3.63, 3.8) is 0 Å². The second kappa shape index (κ2) is 20.7. The number of benzene rings is 1. The lowest BCUT2D eigenvalue weighted by molar-refractivity contribution is -0.181. The van der Waals surface area contributed by atoms with Crippen molar-refractivity contribution in [1.82, 2.24) is 10.2 Å². The summed E-state index contributed by atoms with van der Waals surface area (Å²) in [5.74, 6) is -0.115. The second-order valence-corrected chi connectivity index (χ2v) is 10.9. The van der Waals surface area contributed by atoms with Gasteiger partial charge < -0.3 is 38.6 Å². The molecule has 11 heteroatoms. The van der Waals surface area contributed by atoms with Crippen molar-refractivity contribution in [1.29, 1.82) is 0 Å². The van der Waals surface area contributed by atoms with Gasteiger partial charge in [0.2, 0.25) is 0 Å². The first-order valence-corrected chi connectivity index (χ1v) is 15.4. The molecule has 0 saturated carbocycles. The van der Waals surface area contributed by atoms with Gasteiger partial charge in [0, 0.05) is 12.5 Å². The van der Waals surface area contributed by atoms with Crippen molar-refractivity contribution >= 4 is 18.2 Å². The maximum absolute atomic E-state index is 13.0. The molecular weight excluding hydrogens is 556 g/mol. The van der Waals surface area contributed by atoms with Gasteiger partial charge in [0.25, 0.3) is 6.29 Å². The summed E-state index contributed by atoms with van der Waals surface area (Å²) in [6, 6.07) is 6.36. The number of nitrogens with one attached hydrogen (secondary N) is 1. The van der Waals surface area contributed by atoms with Crippen LogP contribution in [-0.2, 0) is 23.7 Å². The van der Waals surface area contributed by atoms with Crippen LogP contribution >= 0.6 is 0 Å². The van der Waals surface area contributed by atoms with Crippen LogP contribution in [0.3, 0.4) is 0 Å². The fourth-order valence-electron chi connectivity index (χ4n) is 3.60. The topological polar surface area (TPSA) is 122 Å². The number of carbonyl (C=O) groups is 3. The Morgan fingerprint density at radius 3 is 2.05 bits per heavy atom. The predicted molar refractivity (Wildman–Crippen MR) is 166 cm³/mol. The summed E-state index contributed by atoms with van der Waals surface area (Å²) in [5.41, 5.74) is -0.723. The van der Waals surface area contributed by atoms with Gasteiger partial charge in [0.05, 0.1) is 19.8 Å². The molecule has 0 spiro atoms. The monoisotopic (exact) mass is 612 g/mol. The number of amides is 2. The van der Waals surface area contributed by atoms with E-state index in [-0.39, 0.29) is 31.1 Å². The average molecular weight is 613 g/mol. The predicted octanol–water partition coefficient (Wildman–Crippen LogP) is 6.43. The van der Waals surface area contributed by atoms with Gasteiger partial charge in [-0.25, -0.2) is 14.4 Å². The van der Waals surface area contributed by atoms with Gasteiger partial charge in [-0.15, -0.1) is 0 Å². The van der Waals surface area contributed by atoms with Crippen LogP contribution in [0, 0.1) is 11.8 Å². The minimum atomic E-state index is -1.15. The van der Waals surface area contributed by atoms with Gasteiger partial charge in [0.1, 0.15) is 24.4 Å². The lowest BCUT2D eigenvalue weighted by atomic mass is 10.0. The zero-order chi connectivity index (χ0) is 33.2. The number of hydrogen-bond donors (Lipinski definition) is 1. The molecule has 248 valence electrons. The number of hydrogen-bond acceptors (Lipinski definition) is 9. The van der Waals surface area contributed by atoms with Crippen LogP contribution < -0.4 is 14.8 Å². The van der Waals surface area contributed by atoms with Crippen LogP contribution in [0.25, 0.3) is 0 Å². The number of rotatable bonds is 11. The van der Waals surface area contributed by atoms with Crippen LogP contribution in [0.2, 0.25) is 0 Å². The summed E-state index contributed by atoms with van der Waals surface area (Å²) in [6.45, 7) is 23.7. The SMILES string of the molecule is CC.CC.CCOc1ccccc1OCC1CN(C(=O)OC(OC(=O)[C@H](NC(=O)OC(C)(C)C)C(C)C)C(C)C)CCO1. The molecule has 2 unspecified atom stereocenters. The lowest BCUT2D eigenvalue weighted by Crippen LogP contribution is -2.50. The smallest absolute Gasteiger partial charge is 0.413 e. The van der Waals surface area contributed by atoms with E-state index < -0.39 is 36.1 Å². The summed E-state index contributed by atoms with van der Waals surface area (Å²) in [6.07, 6.45) is -2.90. The van der Waals surface area contributed by atoms with Crippen molar-refractivity contribution < 1.29 is 42.8 Å². The van der Waals surface area contributed by atoms with Crippen LogP contribution in [-0.4, -0.2) is 80.0 Å². The number of para-hydroxylation sites is 2. The highest BCUT2D eigenvalue weighted by Gasteiger charge is 2.34. The first-order chi connectivity index (χ1) is 20.3. The Labute approximate surface area is 258 Å². The Bertz CT molecular complexity index is 947. The molecule has 2 amide bonds. The third kappa shape index (κ3) is 15.2. The van der Waals surface area contributed by atoms with E-state index in [9.17, 15) is 14.4 Å². The van der Waals surface area contributed by atoms with Crippen molar-refractivity contribution in [2.45, 2.75) is 107 Å². The molecule has 1 aliphatic rings. The Morgan fingerprint density at radius 1 is 0.953 bits per heavy atom. The van der Waals surface area contributed by atoms with Crippen molar-refractivity contribution in [2.24, 2.45) is 11.8 Å². The van der Waals surface area contributed by atoms with E-state index in [1.165, 1.54) is 4.90 Å². The molecule has 0 aromatic heterocycles.